The zero-order valence-electron chi connectivity index (χ0n) is 14.9. The molecule has 136 valence electrons. The number of esters is 1. The van der Waals surface area contributed by atoms with Crippen molar-refractivity contribution < 1.29 is 14.3 Å². The van der Waals surface area contributed by atoms with Crippen LogP contribution in [0.4, 0.5) is 5.69 Å². The molecule has 0 saturated heterocycles. The molecule has 0 heterocycles. The molecule has 0 spiro atoms. The molecular formula is C22H25NO3. The summed E-state index contributed by atoms with van der Waals surface area (Å²) in [4.78, 5) is 24.0. The number of carbonyl (C=O) groups excluding carboxylic acids is 2. The molecule has 1 fully saturated rings. The molecule has 1 amide bonds. The first kappa shape index (κ1) is 18.2. The number of anilines is 1. The summed E-state index contributed by atoms with van der Waals surface area (Å²) >= 11 is 0. The number of rotatable bonds is 7. The topological polar surface area (TPSA) is 55.4 Å². The Bertz CT molecular complexity index is 736. The molecule has 26 heavy (non-hydrogen) atoms. The molecule has 1 saturated carbocycles. The molecule has 2 aromatic rings. The monoisotopic (exact) mass is 351 g/mol. The first-order valence-electron chi connectivity index (χ1n) is 9.32. The minimum absolute atomic E-state index is 0.243. The Balaban J connectivity index is 1.50. The summed E-state index contributed by atoms with van der Waals surface area (Å²) in [5, 5.41) is 2.85. The highest BCUT2D eigenvalue weighted by atomic mass is 16.5. The van der Waals surface area contributed by atoms with Gasteiger partial charge in [0.1, 0.15) is 0 Å². The van der Waals surface area contributed by atoms with Gasteiger partial charge in [0.2, 0.25) is 0 Å². The molecule has 0 atom stereocenters. The SMILES string of the molecule is O=C(COC(=O)CCC1CCCC1)Nc1ccccc1-c1ccccc1. The fourth-order valence-electron chi connectivity index (χ4n) is 3.49. The molecule has 0 bridgehead atoms. The van der Waals surface area contributed by atoms with Crippen molar-refractivity contribution in [3.05, 3.63) is 54.6 Å². The second kappa shape index (κ2) is 9.18. The first-order chi connectivity index (χ1) is 12.7. The second-order valence-corrected chi connectivity index (χ2v) is 6.81. The van der Waals surface area contributed by atoms with Crippen molar-refractivity contribution in [3.63, 3.8) is 0 Å². The maximum absolute atomic E-state index is 12.2. The molecule has 1 aliphatic carbocycles. The molecule has 0 aromatic heterocycles. The van der Waals surface area contributed by atoms with E-state index in [4.69, 9.17) is 4.74 Å². The van der Waals surface area contributed by atoms with Gasteiger partial charge in [-0.05, 0) is 24.0 Å². The molecule has 4 nitrogen and oxygen atoms in total. The third kappa shape index (κ3) is 5.19. The number of ether oxygens (including phenoxy) is 1. The maximum Gasteiger partial charge on any atom is 0.306 e. The minimum Gasteiger partial charge on any atom is -0.456 e. The smallest absolute Gasteiger partial charge is 0.306 e. The van der Waals surface area contributed by atoms with E-state index in [0.717, 1.165) is 17.5 Å². The molecule has 1 N–H and O–H groups in total. The lowest BCUT2D eigenvalue weighted by Crippen LogP contribution is -2.21. The molecular weight excluding hydrogens is 326 g/mol. The van der Waals surface area contributed by atoms with Crippen LogP contribution in [-0.4, -0.2) is 18.5 Å². The second-order valence-electron chi connectivity index (χ2n) is 6.81. The van der Waals surface area contributed by atoms with Gasteiger partial charge in [0.15, 0.2) is 6.61 Å². The molecule has 0 radical (unpaired) electrons. The maximum atomic E-state index is 12.2. The van der Waals surface area contributed by atoms with E-state index in [1.807, 2.05) is 54.6 Å². The van der Waals surface area contributed by atoms with E-state index in [2.05, 4.69) is 5.32 Å². The van der Waals surface area contributed by atoms with Crippen LogP contribution in [0, 0.1) is 5.92 Å². The van der Waals surface area contributed by atoms with E-state index in [-0.39, 0.29) is 18.5 Å². The van der Waals surface area contributed by atoms with Gasteiger partial charge in [-0.2, -0.15) is 0 Å². The summed E-state index contributed by atoms with van der Waals surface area (Å²) in [5.74, 6) is 0.0418. The summed E-state index contributed by atoms with van der Waals surface area (Å²) in [6.45, 7) is -0.243. The number of hydrogen-bond donors (Lipinski definition) is 1. The highest BCUT2D eigenvalue weighted by molar-refractivity contribution is 5.96. The highest BCUT2D eigenvalue weighted by Crippen LogP contribution is 2.29. The van der Waals surface area contributed by atoms with E-state index in [9.17, 15) is 9.59 Å². The molecule has 0 unspecified atom stereocenters. The van der Waals surface area contributed by atoms with Crippen molar-refractivity contribution in [2.75, 3.05) is 11.9 Å². The van der Waals surface area contributed by atoms with Crippen LogP contribution in [0.1, 0.15) is 38.5 Å². The number of hydrogen-bond acceptors (Lipinski definition) is 3. The zero-order valence-corrected chi connectivity index (χ0v) is 14.9. The summed E-state index contributed by atoms with van der Waals surface area (Å²) in [6, 6.07) is 17.5. The molecule has 2 aromatic carbocycles. The van der Waals surface area contributed by atoms with Crippen molar-refractivity contribution >= 4 is 17.6 Å². The van der Waals surface area contributed by atoms with E-state index in [0.29, 0.717) is 18.0 Å². The van der Waals surface area contributed by atoms with Gasteiger partial charge in [-0.15, -0.1) is 0 Å². The Hall–Kier alpha value is -2.62. The Kier molecular flexibility index (Phi) is 6.42. The fourth-order valence-corrected chi connectivity index (χ4v) is 3.49. The van der Waals surface area contributed by atoms with Crippen molar-refractivity contribution in [1.29, 1.82) is 0 Å². The summed E-state index contributed by atoms with van der Waals surface area (Å²) < 4.78 is 5.13. The van der Waals surface area contributed by atoms with E-state index in [1.165, 1.54) is 25.7 Å². The molecule has 4 heteroatoms. The van der Waals surface area contributed by atoms with Crippen LogP contribution < -0.4 is 5.32 Å². The number of amides is 1. The lowest BCUT2D eigenvalue weighted by Gasteiger charge is -2.12. The van der Waals surface area contributed by atoms with Crippen LogP contribution in [0.15, 0.2) is 54.6 Å². The van der Waals surface area contributed by atoms with E-state index in [1.54, 1.807) is 0 Å². The summed E-state index contributed by atoms with van der Waals surface area (Å²) in [7, 11) is 0. The molecule has 1 aliphatic rings. The van der Waals surface area contributed by atoms with Gasteiger partial charge >= 0.3 is 5.97 Å². The summed E-state index contributed by atoms with van der Waals surface area (Å²) in [5.41, 5.74) is 2.68. The van der Waals surface area contributed by atoms with Gasteiger partial charge in [-0.3, -0.25) is 9.59 Å². The Morgan fingerprint density at radius 3 is 2.42 bits per heavy atom. The average molecular weight is 351 g/mol. The third-order valence-corrected chi connectivity index (χ3v) is 4.88. The van der Waals surface area contributed by atoms with E-state index < -0.39 is 0 Å². The fraction of sp³-hybridized carbons (Fsp3) is 0.364. The Morgan fingerprint density at radius 2 is 1.65 bits per heavy atom. The number of nitrogens with one attached hydrogen (secondary N) is 1. The predicted molar refractivity (Wildman–Crippen MR) is 103 cm³/mol. The van der Waals surface area contributed by atoms with Crippen LogP contribution in [0.5, 0.6) is 0 Å². The van der Waals surface area contributed by atoms with Crippen molar-refractivity contribution in [3.8, 4) is 11.1 Å². The highest BCUT2D eigenvalue weighted by Gasteiger charge is 2.17. The average Bonchev–Trinajstić information content (AvgIpc) is 3.19. The number of para-hydroxylation sites is 1. The number of carbonyl (C=O) groups is 2. The van der Waals surface area contributed by atoms with Gasteiger partial charge in [-0.1, -0.05) is 74.2 Å². The number of benzene rings is 2. The van der Waals surface area contributed by atoms with Crippen LogP contribution >= 0.6 is 0 Å². The lowest BCUT2D eigenvalue weighted by molar-refractivity contribution is -0.147. The molecule has 3 rings (SSSR count). The zero-order chi connectivity index (χ0) is 18.2. The van der Waals surface area contributed by atoms with Gasteiger partial charge in [0.25, 0.3) is 5.91 Å². The Morgan fingerprint density at radius 1 is 0.962 bits per heavy atom. The summed E-state index contributed by atoms with van der Waals surface area (Å²) in [6.07, 6.45) is 6.23. The van der Waals surface area contributed by atoms with Gasteiger partial charge in [0.05, 0.1) is 0 Å². The van der Waals surface area contributed by atoms with Crippen LogP contribution in [-0.2, 0) is 14.3 Å². The van der Waals surface area contributed by atoms with Gasteiger partial charge in [-0.25, -0.2) is 0 Å². The van der Waals surface area contributed by atoms with Crippen LogP contribution in [0.3, 0.4) is 0 Å². The van der Waals surface area contributed by atoms with Crippen molar-refractivity contribution in [2.45, 2.75) is 38.5 Å². The van der Waals surface area contributed by atoms with Gasteiger partial charge < -0.3 is 10.1 Å². The lowest BCUT2D eigenvalue weighted by atomic mass is 10.0. The predicted octanol–water partition coefficient (Wildman–Crippen LogP) is 4.81. The quantitative estimate of drug-likeness (QED) is 0.729. The first-order valence-corrected chi connectivity index (χ1v) is 9.32. The van der Waals surface area contributed by atoms with Crippen LogP contribution in [0.2, 0.25) is 0 Å². The van der Waals surface area contributed by atoms with Crippen molar-refractivity contribution in [1.82, 2.24) is 0 Å². The standard InChI is InChI=1S/C22H25NO3/c24-21(16-26-22(25)15-14-17-8-4-5-9-17)23-20-13-7-6-12-19(20)18-10-2-1-3-11-18/h1-3,6-7,10-13,17H,4-5,8-9,14-16H2,(H,23,24). The molecule has 0 aliphatic heterocycles. The van der Waals surface area contributed by atoms with E-state index >= 15 is 0 Å². The largest absolute Gasteiger partial charge is 0.456 e. The Labute approximate surface area is 154 Å². The van der Waals surface area contributed by atoms with Crippen LogP contribution in [0.25, 0.3) is 11.1 Å². The third-order valence-electron chi connectivity index (χ3n) is 4.88. The minimum atomic E-state index is -0.317. The van der Waals surface area contributed by atoms with Gasteiger partial charge in [0, 0.05) is 17.7 Å². The normalized spacial score (nSPS) is 14.2. The van der Waals surface area contributed by atoms with Crippen molar-refractivity contribution in [2.24, 2.45) is 5.92 Å².